The lowest BCUT2D eigenvalue weighted by molar-refractivity contribution is 0.135. The van der Waals surface area contributed by atoms with Crippen LogP contribution < -0.4 is 14.9 Å². The molecule has 0 saturated heterocycles. The van der Waals surface area contributed by atoms with Gasteiger partial charge in [-0.3, -0.25) is 5.43 Å². The van der Waals surface area contributed by atoms with Crippen molar-refractivity contribution in [2.45, 2.75) is 19.6 Å². The van der Waals surface area contributed by atoms with E-state index in [0.717, 1.165) is 24.3 Å². The fourth-order valence-corrected chi connectivity index (χ4v) is 3.19. The maximum atomic E-state index is 12.2. The SMILES string of the molecule is O=C(NN1CCc2ccccc2C1)Oc1ccc(OCc2ccccc2)cc1. The highest BCUT2D eigenvalue weighted by Gasteiger charge is 2.18. The van der Waals surface area contributed by atoms with E-state index in [4.69, 9.17) is 9.47 Å². The number of carbonyl (C=O) groups excluding carboxylic acids is 1. The van der Waals surface area contributed by atoms with Gasteiger partial charge >= 0.3 is 6.09 Å². The van der Waals surface area contributed by atoms with Gasteiger partial charge in [-0.15, -0.1) is 0 Å². The Balaban J connectivity index is 1.27. The van der Waals surface area contributed by atoms with Crippen LogP contribution in [-0.4, -0.2) is 17.6 Å². The predicted molar refractivity (Wildman–Crippen MR) is 107 cm³/mol. The minimum absolute atomic E-state index is 0.474. The van der Waals surface area contributed by atoms with Gasteiger partial charge in [-0.2, -0.15) is 0 Å². The number of fused-ring (bicyclic) bond motifs is 1. The molecule has 1 aliphatic heterocycles. The highest BCUT2D eigenvalue weighted by Crippen LogP contribution is 2.20. The van der Waals surface area contributed by atoms with Gasteiger partial charge in [-0.25, -0.2) is 9.80 Å². The van der Waals surface area contributed by atoms with E-state index in [0.29, 0.717) is 18.9 Å². The Morgan fingerprint density at radius 2 is 1.54 bits per heavy atom. The summed E-state index contributed by atoms with van der Waals surface area (Å²) in [7, 11) is 0. The molecule has 1 aliphatic rings. The number of hydrogen-bond donors (Lipinski definition) is 1. The summed E-state index contributed by atoms with van der Waals surface area (Å²) in [6, 6.07) is 25.3. The minimum Gasteiger partial charge on any atom is -0.489 e. The summed E-state index contributed by atoms with van der Waals surface area (Å²) in [5, 5.41) is 1.88. The summed E-state index contributed by atoms with van der Waals surface area (Å²) >= 11 is 0. The maximum Gasteiger partial charge on any atom is 0.427 e. The Labute approximate surface area is 164 Å². The van der Waals surface area contributed by atoms with E-state index in [1.165, 1.54) is 11.1 Å². The number of nitrogens with one attached hydrogen (secondary N) is 1. The number of ether oxygens (including phenoxy) is 2. The Bertz CT molecular complexity index is 926. The van der Waals surface area contributed by atoms with Crippen molar-refractivity contribution in [3.63, 3.8) is 0 Å². The van der Waals surface area contributed by atoms with Crippen molar-refractivity contribution in [2.75, 3.05) is 6.54 Å². The molecule has 1 amide bonds. The normalized spacial score (nSPS) is 13.4. The van der Waals surface area contributed by atoms with E-state index >= 15 is 0 Å². The first-order chi connectivity index (χ1) is 13.8. The summed E-state index contributed by atoms with van der Waals surface area (Å²) < 4.78 is 11.1. The van der Waals surface area contributed by atoms with Gasteiger partial charge in [-0.05, 0) is 47.4 Å². The quantitative estimate of drug-likeness (QED) is 0.722. The number of nitrogens with zero attached hydrogens (tertiary/aromatic N) is 1. The second-order valence-electron chi connectivity index (χ2n) is 6.69. The minimum atomic E-state index is -0.489. The topological polar surface area (TPSA) is 50.8 Å². The molecule has 28 heavy (non-hydrogen) atoms. The van der Waals surface area contributed by atoms with Crippen LogP contribution in [0.2, 0.25) is 0 Å². The van der Waals surface area contributed by atoms with Crippen LogP contribution in [0.4, 0.5) is 4.79 Å². The third kappa shape index (κ3) is 4.69. The number of carbonyl (C=O) groups is 1. The summed E-state index contributed by atoms with van der Waals surface area (Å²) in [4.78, 5) is 12.2. The molecule has 1 heterocycles. The molecule has 0 bridgehead atoms. The Hall–Kier alpha value is -3.31. The Morgan fingerprint density at radius 1 is 0.857 bits per heavy atom. The van der Waals surface area contributed by atoms with E-state index in [-0.39, 0.29) is 0 Å². The lowest BCUT2D eigenvalue weighted by Gasteiger charge is -2.28. The molecule has 0 aliphatic carbocycles. The molecule has 0 spiro atoms. The van der Waals surface area contributed by atoms with Crippen molar-refractivity contribution >= 4 is 6.09 Å². The largest absolute Gasteiger partial charge is 0.489 e. The molecule has 3 aromatic carbocycles. The molecule has 3 aromatic rings. The molecule has 0 aromatic heterocycles. The Kier molecular flexibility index (Phi) is 5.54. The molecule has 0 fully saturated rings. The average Bonchev–Trinajstić information content (AvgIpc) is 2.74. The third-order valence-electron chi connectivity index (χ3n) is 4.66. The van der Waals surface area contributed by atoms with Crippen LogP contribution in [0.15, 0.2) is 78.9 Å². The maximum absolute atomic E-state index is 12.2. The van der Waals surface area contributed by atoms with Gasteiger partial charge in [0.1, 0.15) is 18.1 Å². The van der Waals surface area contributed by atoms with Gasteiger partial charge in [0.2, 0.25) is 0 Å². The summed E-state index contributed by atoms with van der Waals surface area (Å²) in [5.41, 5.74) is 6.48. The average molecular weight is 374 g/mol. The monoisotopic (exact) mass is 374 g/mol. The van der Waals surface area contributed by atoms with Crippen LogP contribution in [0.3, 0.4) is 0 Å². The van der Waals surface area contributed by atoms with Crippen LogP contribution in [0, 0.1) is 0 Å². The van der Waals surface area contributed by atoms with Crippen LogP contribution in [0.1, 0.15) is 16.7 Å². The van der Waals surface area contributed by atoms with Gasteiger partial charge in [0.15, 0.2) is 0 Å². The van der Waals surface area contributed by atoms with Gasteiger partial charge < -0.3 is 9.47 Å². The molecular weight excluding hydrogens is 352 g/mol. The second kappa shape index (κ2) is 8.59. The van der Waals surface area contributed by atoms with Gasteiger partial charge in [0.05, 0.1) is 0 Å². The smallest absolute Gasteiger partial charge is 0.427 e. The molecule has 0 unspecified atom stereocenters. The number of benzene rings is 3. The Morgan fingerprint density at radius 3 is 2.32 bits per heavy atom. The summed E-state index contributed by atoms with van der Waals surface area (Å²) in [5.74, 6) is 1.20. The van der Waals surface area contributed by atoms with Crippen molar-refractivity contribution in [1.82, 2.24) is 10.4 Å². The van der Waals surface area contributed by atoms with E-state index in [1.807, 2.05) is 47.5 Å². The van der Waals surface area contributed by atoms with E-state index < -0.39 is 6.09 Å². The molecule has 4 rings (SSSR count). The fourth-order valence-electron chi connectivity index (χ4n) is 3.19. The highest BCUT2D eigenvalue weighted by molar-refractivity contribution is 5.69. The lowest BCUT2D eigenvalue weighted by Crippen LogP contribution is -2.46. The first kappa shape index (κ1) is 18.1. The molecule has 0 radical (unpaired) electrons. The van der Waals surface area contributed by atoms with E-state index in [9.17, 15) is 4.79 Å². The molecule has 142 valence electrons. The highest BCUT2D eigenvalue weighted by atomic mass is 16.6. The van der Waals surface area contributed by atoms with Gasteiger partial charge in [0.25, 0.3) is 0 Å². The van der Waals surface area contributed by atoms with Crippen molar-refractivity contribution in [1.29, 1.82) is 0 Å². The summed E-state index contributed by atoms with van der Waals surface area (Å²) in [6.07, 6.45) is 0.418. The number of hydrazine groups is 1. The first-order valence-corrected chi connectivity index (χ1v) is 9.33. The zero-order valence-corrected chi connectivity index (χ0v) is 15.5. The summed E-state index contributed by atoms with van der Waals surface area (Å²) in [6.45, 7) is 1.94. The second-order valence-corrected chi connectivity index (χ2v) is 6.69. The van der Waals surface area contributed by atoms with Crippen molar-refractivity contribution < 1.29 is 14.3 Å². The first-order valence-electron chi connectivity index (χ1n) is 9.33. The van der Waals surface area contributed by atoms with Crippen LogP contribution in [0.5, 0.6) is 11.5 Å². The molecule has 0 saturated carbocycles. The number of rotatable bonds is 5. The molecule has 5 heteroatoms. The standard InChI is InChI=1S/C23H22N2O3/c26-23(24-25-15-14-19-8-4-5-9-20(19)16-25)28-22-12-10-21(11-13-22)27-17-18-6-2-1-3-7-18/h1-13H,14-17H2,(H,24,26). The fraction of sp³-hybridized carbons (Fsp3) is 0.174. The molecular formula is C23H22N2O3. The van der Waals surface area contributed by atoms with E-state index in [1.54, 1.807) is 24.3 Å². The lowest BCUT2D eigenvalue weighted by atomic mass is 10.0. The third-order valence-corrected chi connectivity index (χ3v) is 4.66. The van der Waals surface area contributed by atoms with Crippen LogP contribution in [-0.2, 0) is 19.6 Å². The van der Waals surface area contributed by atoms with Crippen LogP contribution in [0.25, 0.3) is 0 Å². The predicted octanol–water partition coefficient (Wildman–Crippen LogP) is 4.33. The molecule has 0 atom stereocenters. The van der Waals surface area contributed by atoms with Crippen molar-refractivity contribution in [3.05, 3.63) is 95.6 Å². The number of amides is 1. The molecule has 5 nitrogen and oxygen atoms in total. The van der Waals surface area contributed by atoms with Crippen molar-refractivity contribution in [3.8, 4) is 11.5 Å². The zero-order valence-electron chi connectivity index (χ0n) is 15.5. The molecule has 1 N–H and O–H groups in total. The zero-order chi connectivity index (χ0) is 19.2. The van der Waals surface area contributed by atoms with E-state index in [2.05, 4.69) is 17.6 Å². The van der Waals surface area contributed by atoms with Gasteiger partial charge in [-0.1, -0.05) is 54.6 Å². The van der Waals surface area contributed by atoms with Crippen LogP contribution >= 0.6 is 0 Å². The van der Waals surface area contributed by atoms with Crippen molar-refractivity contribution in [2.24, 2.45) is 0 Å². The number of hydrogen-bond acceptors (Lipinski definition) is 4. The van der Waals surface area contributed by atoms with Gasteiger partial charge in [0, 0.05) is 13.1 Å².